The lowest BCUT2D eigenvalue weighted by Gasteiger charge is -2.05. The molecule has 0 spiro atoms. The lowest BCUT2D eigenvalue weighted by atomic mass is 10.2. The summed E-state index contributed by atoms with van der Waals surface area (Å²) in [7, 11) is 0. The third-order valence-electron chi connectivity index (χ3n) is 2.09. The van der Waals surface area contributed by atoms with Gasteiger partial charge in [0.2, 0.25) is 0 Å². The fourth-order valence-electron chi connectivity index (χ4n) is 1.26. The largest absolute Gasteiger partial charge is 0.493 e. The van der Waals surface area contributed by atoms with Crippen molar-refractivity contribution in [1.29, 1.82) is 0 Å². The zero-order chi connectivity index (χ0) is 12.8. The number of aromatic nitrogens is 3. The summed E-state index contributed by atoms with van der Waals surface area (Å²) in [5.41, 5.74) is 0.249. The Bertz CT molecular complexity index is 499. The molecule has 0 unspecified atom stereocenters. The van der Waals surface area contributed by atoms with Gasteiger partial charge in [-0.2, -0.15) is 5.10 Å². The van der Waals surface area contributed by atoms with Crippen molar-refractivity contribution in [2.24, 2.45) is 0 Å². The first-order valence-corrected chi connectivity index (χ1v) is 6.18. The number of nitrogens with one attached hydrogen (secondary N) is 1. The van der Waals surface area contributed by atoms with Crippen molar-refractivity contribution < 1.29 is 14.6 Å². The van der Waals surface area contributed by atoms with Crippen LogP contribution in [0.1, 0.15) is 10.4 Å². The maximum Gasteiger partial charge on any atom is 0.335 e. The molecule has 0 atom stereocenters. The highest BCUT2D eigenvalue weighted by Crippen LogP contribution is 2.14. The quantitative estimate of drug-likeness (QED) is 0.610. The second kappa shape index (κ2) is 6.06. The van der Waals surface area contributed by atoms with Crippen molar-refractivity contribution >= 4 is 17.7 Å². The molecule has 0 aliphatic heterocycles. The number of hydrogen-bond donors (Lipinski definition) is 2. The molecule has 1 aromatic heterocycles. The van der Waals surface area contributed by atoms with Gasteiger partial charge < -0.3 is 9.84 Å². The van der Waals surface area contributed by atoms with Gasteiger partial charge in [0.25, 0.3) is 0 Å². The predicted molar refractivity (Wildman–Crippen MR) is 66.0 cm³/mol. The molecular weight excluding hydrogens is 254 g/mol. The highest BCUT2D eigenvalue weighted by Gasteiger charge is 2.02. The van der Waals surface area contributed by atoms with Gasteiger partial charge in [0.05, 0.1) is 12.2 Å². The summed E-state index contributed by atoms with van der Waals surface area (Å²) < 4.78 is 5.46. The number of aromatic carboxylic acids is 1. The number of carbonyl (C=O) groups is 1. The van der Waals surface area contributed by atoms with Crippen LogP contribution in [-0.2, 0) is 0 Å². The standard InChI is InChI=1S/C11H11N3O3S/c15-10(16)8-1-3-9(4-2-8)17-5-6-18-11-12-7-13-14-11/h1-4,7H,5-6H2,(H,15,16)(H,12,13,14). The Morgan fingerprint density at radius 2 is 2.17 bits per heavy atom. The first-order valence-electron chi connectivity index (χ1n) is 5.20. The average molecular weight is 265 g/mol. The minimum absolute atomic E-state index is 0.249. The molecule has 0 fully saturated rings. The molecule has 1 aromatic carbocycles. The summed E-state index contributed by atoms with van der Waals surface area (Å²) in [6.45, 7) is 0.512. The summed E-state index contributed by atoms with van der Waals surface area (Å²) in [4.78, 5) is 14.6. The van der Waals surface area contributed by atoms with E-state index in [2.05, 4.69) is 15.2 Å². The van der Waals surface area contributed by atoms with Crippen LogP contribution in [0.3, 0.4) is 0 Å². The van der Waals surface area contributed by atoms with Crippen LogP contribution in [0.5, 0.6) is 5.75 Å². The highest BCUT2D eigenvalue weighted by molar-refractivity contribution is 7.99. The van der Waals surface area contributed by atoms with Gasteiger partial charge in [-0.05, 0) is 24.3 Å². The van der Waals surface area contributed by atoms with Crippen LogP contribution in [0.2, 0.25) is 0 Å². The Hall–Kier alpha value is -2.02. The normalized spacial score (nSPS) is 10.2. The number of carboxylic acids is 1. The molecule has 6 nitrogen and oxygen atoms in total. The number of aromatic amines is 1. The van der Waals surface area contributed by atoms with Gasteiger partial charge in [0.15, 0.2) is 5.16 Å². The zero-order valence-electron chi connectivity index (χ0n) is 9.37. The number of benzene rings is 1. The molecular formula is C11H11N3O3S. The number of hydrogen-bond acceptors (Lipinski definition) is 5. The van der Waals surface area contributed by atoms with Crippen LogP contribution in [0.25, 0.3) is 0 Å². The van der Waals surface area contributed by atoms with Gasteiger partial charge in [-0.1, -0.05) is 11.8 Å². The van der Waals surface area contributed by atoms with E-state index in [9.17, 15) is 4.79 Å². The van der Waals surface area contributed by atoms with Crippen molar-refractivity contribution in [3.8, 4) is 5.75 Å². The second-order valence-electron chi connectivity index (χ2n) is 3.32. The van der Waals surface area contributed by atoms with Gasteiger partial charge in [-0.15, -0.1) is 0 Å². The van der Waals surface area contributed by atoms with Gasteiger partial charge in [0.1, 0.15) is 12.1 Å². The molecule has 2 rings (SSSR count). The summed E-state index contributed by atoms with van der Waals surface area (Å²) in [5, 5.41) is 16.0. The molecule has 0 bridgehead atoms. The summed E-state index contributed by atoms with van der Waals surface area (Å²) in [6.07, 6.45) is 1.45. The molecule has 0 aliphatic carbocycles. The summed E-state index contributed by atoms with van der Waals surface area (Å²) in [5.74, 6) is 0.441. The Balaban J connectivity index is 1.75. The van der Waals surface area contributed by atoms with E-state index in [0.717, 1.165) is 10.9 Å². The lowest BCUT2D eigenvalue weighted by Crippen LogP contribution is -2.01. The highest BCUT2D eigenvalue weighted by atomic mass is 32.2. The molecule has 2 N–H and O–H groups in total. The van der Waals surface area contributed by atoms with Crippen molar-refractivity contribution in [1.82, 2.24) is 15.2 Å². The SMILES string of the molecule is O=C(O)c1ccc(OCCSc2ncn[nH]2)cc1. The Morgan fingerprint density at radius 1 is 1.39 bits per heavy atom. The van der Waals surface area contributed by atoms with E-state index in [1.165, 1.54) is 30.2 Å². The fourth-order valence-corrected chi connectivity index (χ4v) is 1.85. The minimum atomic E-state index is -0.942. The smallest absolute Gasteiger partial charge is 0.335 e. The molecule has 0 amide bonds. The van der Waals surface area contributed by atoms with Crippen molar-refractivity contribution in [2.45, 2.75) is 5.16 Å². The monoisotopic (exact) mass is 265 g/mol. The van der Waals surface area contributed by atoms with Crippen LogP contribution < -0.4 is 4.74 Å². The maximum absolute atomic E-state index is 10.6. The lowest BCUT2D eigenvalue weighted by molar-refractivity contribution is 0.0697. The first kappa shape index (κ1) is 12.4. The van der Waals surface area contributed by atoms with E-state index in [1.807, 2.05) is 0 Å². The molecule has 1 heterocycles. The van der Waals surface area contributed by atoms with Crippen LogP contribution in [-0.4, -0.2) is 38.6 Å². The minimum Gasteiger partial charge on any atom is -0.493 e. The molecule has 7 heteroatoms. The van der Waals surface area contributed by atoms with Crippen molar-refractivity contribution in [3.63, 3.8) is 0 Å². The van der Waals surface area contributed by atoms with E-state index in [1.54, 1.807) is 12.1 Å². The number of thioether (sulfide) groups is 1. The molecule has 0 radical (unpaired) electrons. The molecule has 18 heavy (non-hydrogen) atoms. The fraction of sp³-hybridized carbons (Fsp3) is 0.182. The third-order valence-corrected chi connectivity index (χ3v) is 2.93. The zero-order valence-corrected chi connectivity index (χ0v) is 10.2. The average Bonchev–Trinajstić information content (AvgIpc) is 2.88. The Kier molecular flexibility index (Phi) is 4.19. The van der Waals surface area contributed by atoms with E-state index in [-0.39, 0.29) is 5.56 Å². The predicted octanol–water partition coefficient (Wildman–Crippen LogP) is 1.67. The van der Waals surface area contributed by atoms with E-state index >= 15 is 0 Å². The molecule has 0 saturated heterocycles. The number of ether oxygens (including phenoxy) is 1. The molecule has 2 aromatic rings. The van der Waals surface area contributed by atoms with Crippen LogP contribution in [0.4, 0.5) is 0 Å². The number of nitrogens with zero attached hydrogens (tertiary/aromatic N) is 2. The molecule has 0 saturated carbocycles. The summed E-state index contributed by atoms with van der Waals surface area (Å²) in [6, 6.07) is 6.31. The van der Waals surface area contributed by atoms with E-state index < -0.39 is 5.97 Å². The molecule has 94 valence electrons. The topological polar surface area (TPSA) is 88.1 Å². The van der Waals surface area contributed by atoms with Gasteiger partial charge >= 0.3 is 5.97 Å². The number of H-pyrrole nitrogens is 1. The maximum atomic E-state index is 10.6. The second-order valence-corrected chi connectivity index (χ2v) is 4.40. The van der Waals surface area contributed by atoms with Crippen LogP contribution in [0, 0.1) is 0 Å². The van der Waals surface area contributed by atoms with Crippen LogP contribution >= 0.6 is 11.8 Å². The molecule has 0 aliphatic rings. The first-order chi connectivity index (χ1) is 8.75. The van der Waals surface area contributed by atoms with Crippen molar-refractivity contribution in [2.75, 3.05) is 12.4 Å². The Morgan fingerprint density at radius 3 is 2.78 bits per heavy atom. The third kappa shape index (κ3) is 3.49. The van der Waals surface area contributed by atoms with Gasteiger partial charge in [-0.25, -0.2) is 9.78 Å². The van der Waals surface area contributed by atoms with Crippen LogP contribution in [0.15, 0.2) is 35.7 Å². The Labute approximate surface area is 107 Å². The van der Waals surface area contributed by atoms with Crippen molar-refractivity contribution in [3.05, 3.63) is 36.2 Å². The van der Waals surface area contributed by atoms with E-state index in [4.69, 9.17) is 9.84 Å². The van der Waals surface area contributed by atoms with Gasteiger partial charge in [0, 0.05) is 5.75 Å². The van der Waals surface area contributed by atoms with Gasteiger partial charge in [-0.3, -0.25) is 5.10 Å². The summed E-state index contributed by atoms with van der Waals surface area (Å²) >= 11 is 1.51. The number of carboxylic acid groups (broad SMARTS) is 1. The van der Waals surface area contributed by atoms with E-state index in [0.29, 0.717) is 12.4 Å². The number of rotatable bonds is 6.